The molecule has 0 aliphatic rings. The molecule has 136 valence electrons. The van der Waals surface area contributed by atoms with Crippen LogP contribution in [0.2, 0.25) is 0 Å². The molecule has 0 atom stereocenters. The molecule has 2 heterocycles. The van der Waals surface area contributed by atoms with Crippen molar-refractivity contribution in [3.8, 4) is 11.1 Å². The van der Waals surface area contributed by atoms with E-state index < -0.39 is 4.92 Å². The van der Waals surface area contributed by atoms with Crippen molar-refractivity contribution in [2.45, 2.75) is 0 Å². The number of nitrogens with zero attached hydrogens (tertiary/aromatic N) is 3. The highest BCUT2D eigenvalue weighted by molar-refractivity contribution is 7.17. The van der Waals surface area contributed by atoms with Gasteiger partial charge in [-0.3, -0.25) is 10.1 Å². The monoisotopic (exact) mass is 402 g/mol. The lowest BCUT2D eigenvalue weighted by atomic mass is 10.1. The molecule has 0 aliphatic heterocycles. The van der Waals surface area contributed by atoms with E-state index in [-0.39, 0.29) is 23.9 Å². The standard InChI is InChI=1S/C18H11FN4O2S.ClH/c19-12-4-6-13(7-5-12)22-17-16-15(9-26-18(16)21-10-20-17)11-2-1-3-14(8-11)23(24)25;/h1-10H,(H,20,21,22);1H. The van der Waals surface area contributed by atoms with Gasteiger partial charge < -0.3 is 5.32 Å². The molecule has 2 aromatic carbocycles. The number of nitro benzene ring substituents is 1. The summed E-state index contributed by atoms with van der Waals surface area (Å²) in [6.45, 7) is 0. The molecule has 9 heteroatoms. The van der Waals surface area contributed by atoms with Crippen molar-refractivity contribution in [2.75, 3.05) is 5.32 Å². The molecule has 0 bridgehead atoms. The number of rotatable bonds is 4. The van der Waals surface area contributed by atoms with Crippen LogP contribution in [-0.2, 0) is 0 Å². The van der Waals surface area contributed by atoms with E-state index in [0.29, 0.717) is 17.1 Å². The Bertz CT molecular complexity index is 1120. The van der Waals surface area contributed by atoms with Gasteiger partial charge in [0.15, 0.2) is 0 Å². The largest absolute Gasteiger partial charge is 0.340 e. The molecule has 0 aliphatic carbocycles. The van der Waals surface area contributed by atoms with Gasteiger partial charge in [-0.2, -0.15) is 0 Å². The van der Waals surface area contributed by atoms with E-state index in [1.807, 2.05) is 11.4 Å². The van der Waals surface area contributed by atoms with Crippen LogP contribution >= 0.6 is 23.7 Å². The average Bonchev–Trinajstić information content (AvgIpc) is 3.09. The Kier molecular flexibility index (Phi) is 5.29. The maximum absolute atomic E-state index is 13.1. The summed E-state index contributed by atoms with van der Waals surface area (Å²) in [7, 11) is 0. The Hall–Kier alpha value is -3.10. The van der Waals surface area contributed by atoms with E-state index in [1.54, 1.807) is 18.2 Å². The number of hydrogen-bond donors (Lipinski definition) is 1. The van der Waals surface area contributed by atoms with Gasteiger partial charge in [0.2, 0.25) is 0 Å². The summed E-state index contributed by atoms with van der Waals surface area (Å²) in [6.07, 6.45) is 1.45. The molecule has 0 spiro atoms. The highest BCUT2D eigenvalue weighted by Crippen LogP contribution is 2.38. The molecule has 1 N–H and O–H groups in total. The van der Waals surface area contributed by atoms with Crippen molar-refractivity contribution in [2.24, 2.45) is 0 Å². The topological polar surface area (TPSA) is 81.0 Å². The normalized spacial score (nSPS) is 10.4. The van der Waals surface area contributed by atoms with E-state index in [0.717, 1.165) is 15.8 Å². The van der Waals surface area contributed by atoms with E-state index in [9.17, 15) is 14.5 Å². The molecule has 4 rings (SSSR count). The minimum Gasteiger partial charge on any atom is -0.340 e. The van der Waals surface area contributed by atoms with Gasteiger partial charge in [-0.25, -0.2) is 14.4 Å². The van der Waals surface area contributed by atoms with Crippen LogP contribution in [0.25, 0.3) is 21.3 Å². The van der Waals surface area contributed by atoms with Crippen molar-refractivity contribution < 1.29 is 9.31 Å². The third kappa shape index (κ3) is 3.71. The second-order valence-corrected chi connectivity index (χ2v) is 6.35. The molecule has 0 unspecified atom stereocenters. The summed E-state index contributed by atoms with van der Waals surface area (Å²) in [5.74, 6) is 0.237. The van der Waals surface area contributed by atoms with E-state index in [4.69, 9.17) is 0 Å². The van der Waals surface area contributed by atoms with Crippen molar-refractivity contribution in [3.05, 3.63) is 76.2 Å². The highest BCUT2D eigenvalue weighted by atomic mass is 35.5. The molecule has 0 fully saturated rings. The highest BCUT2D eigenvalue weighted by Gasteiger charge is 2.15. The second kappa shape index (κ2) is 7.65. The van der Waals surface area contributed by atoms with Crippen LogP contribution in [0.1, 0.15) is 0 Å². The maximum atomic E-state index is 13.1. The minimum atomic E-state index is -0.424. The van der Waals surface area contributed by atoms with Gasteiger partial charge in [0.25, 0.3) is 5.69 Å². The molecule has 6 nitrogen and oxygen atoms in total. The molecule has 0 radical (unpaired) electrons. The van der Waals surface area contributed by atoms with E-state index >= 15 is 0 Å². The fraction of sp³-hybridized carbons (Fsp3) is 0. The van der Waals surface area contributed by atoms with E-state index in [1.165, 1.54) is 41.9 Å². The van der Waals surface area contributed by atoms with Gasteiger partial charge in [0.1, 0.15) is 22.8 Å². The predicted molar refractivity (Wildman–Crippen MR) is 106 cm³/mol. The third-order valence-electron chi connectivity index (χ3n) is 3.85. The number of anilines is 2. The molecule has 0 amide bonds. The first-order valence-electron chi connectivity index (χ1n) is 7.61. The summed E-state index contributed by atoms with van der Waals surface area (Å²) >= 11 is 1.43. The van der Waals surface area contributed by atoms with Crippen molar-refractivity contribution >= 4 is 51.2 Å². The Labute approximate surface area is 163 Å². The van der Waals surface area contributed by atoms with Crippen molar-refractivity contribution in [3.63, 3.8) is 0 Å². The van der Waals surface area contributed by atoms with Crippen LogP contribution in [0.5, 0.6) is 0 Å². The van der Waals surface area contributed by atoms with Gasteiger partial charge >= 0.3 is 0 Å². The molecule has 0 saturated carbocycles. The lowest BCUT2D eigenvalue weighted by Crippen LogP contribution is -1.95. The molecule has 2 aromatic heterocycles. The van der Waals surface area contributed by atoms with Crippen LogP contribution in [0.4, 0.5) is 21.6 Å². The number of hydrogen-bond acceptors (Lipinski definition) is 6. The number of thiophene rings is 1. The molecule has 0 saturated heterocycles. The Morgan fingerprint density at radius 1 is 1.11 bits per heavy atom. The Morgan fingerprint density at radius 3 is 2.63 bits per heavy atom. The SMILES string of the molecule is Cl.O=[N+]([O-])c1cccc(-c2csc3ncnc(Nc4ccc(F)cc4)c23)c1. The van der Waals surface area contributed by atoms with Crippen molar-refractivity contribution in [1.82, 2.24) is 9.97 Å². The summed E-state index contributed by atoms with van der Waals surface area (Å²) in [4.78, 5) is 20.0. The van der Waals surface area contributed by atoms with Crippen molar-refractivity contribution in [1.29, 1.82) is 0 Å². The predicted octanol–water partition coefficient (Wildman–Crippen LogP) is 5.57. The third-order valence-corrected chi connectivity index (χ3v) is 4.73. The van der Waals surface area contributed by atoms with Crippen LogP contribution in [0.15, 0.2) is 60.2 Å². The van der Waals surface area contributed by atoms with E-state index in [2.05, 4.69) is 15.3 Å². The number of halogens is 2. The first-order valence-corrected chi connectivity index (χ1v) is 8.49. The molecular weight excluding hydrogens is 391 g/mol. The second-order valence-electron chi connectivity index (χ2n) is 5.49. The lowest BCUT2D eigenvalue weighted by molar-refractivity contribution is -0.384. The van der Waals surface area contributed by atoms with Crippen LogP contribution in [0, 0.1) is 15.9 Å². The Morgan fingerprint density at radius 2 is 1.89 bits per heavy atom. The number of nitrogens with one attached hydrogen (secondary N) is 1. The van der Waals surface area contributed by atoms with Crippen LogP contribution in [0.3, 0.4) is 0 Å². The Balaban J connectivity index is 0.00000210. The fourth-order valence-corrected chi connectivity index (χ4v) is 3.56. The first kappa shape index (κ1) is 18.7. The summed E-state index contributed by atoms with van der Waals surface area (Å²) in [6, 6.07) is 12.4. The van der Waals surface area contributed by atoms with Gasteiger partial charge in [-0.1, -0.05) is 12.1 Å². The first-order chi connectivity index (χ1) is 12.6. The fourth-order valence-electron chi connectivity index (χ4n) is 2.64. The van der Waals surface area contributed by atoms with Gasteiger partial charge in [-0.15, -0.1) is 23.7 Å². The van der Waals surface area contributed by atoms with Gasteiger partial charge in [-0.05, 0) is 29.8 Å². The lowest BCUT2D eigenvalue weighted by Gasteiger charge is -2.08. The number of non-ortho nitro benzene ring substituents is 1. The summed E-state index contributed by atoms with van der Waals surface area (Å²) in [5.41, 5.74) is 2.22. The zero-order valence-electron chi connectivity index (χ0n) is 13.6. The zero-order chi connectivity index (χ0) is 18.1. The van der Waals surface area contributed by atoms with Gasteiger partial charge in [0, 0.05) is 28.8 Å². The minimum absolute atomic E-state index is 0. The maximum Gasteiger partial charge on any atom is 0.270 e. The van der Waals surface area contributed by atoms with Crippen LogP contribution in [-0.4, -0.2) is 14.9 Å². The average molecular weight is 403 g/mol. The van der Waals surface area contributed by atoms with Gasteiger partial charge in [0.05, 0.1) is 10.3 Å². The summed E-state index contributed by atoms with van der Waals surface area (Å²) < 4.78 is 13.1. The van der Waals surface area contributed by atoms with Crippen LogP contribution < -0.4 is 5.32 Å². The number of benzene rings is 2. The quantitative estimate of drug-likeness (QED) is 0.356. The number of nitro groups is 1. The summed E-state index contributed by atoms with van der Waals surface area (Å²) in [5, 5.41) is 16.9. The molecule has 4 aromatic rings. The zero-order valence-corrected chi connectivity index (χ0v) is 15.3. The molecular formula is C18H12ClFN4O2S. The molecule has 27 heavy (non-hydrogen) atoms. The smallest absolute Gasteiger partial charge is 0.270 e. The number of fused-ring (bicyclic) bond motifs is 1. The number of aromatic nitrogens is 2.